The molecule has 0 heterocycles. The molecule has 0 aliphatic carbocycles. The molecule has 0 rings (SSSR count). The maximum Gasteiger partial charge on any atom is 0.101 e. The Balaban J connectivity index is 6.08. The fourth-order valence-corrected chi connectivity index (χ4v) is 3.20. The standard InChI is InChI=1S/C23H35BrN4/c1-9-15-28(20(6)16-23(24)26-8)21(7)22(18(4)10-2)17-27(11-3)19(5)13-12-14-25/h9,11,16,19H,1,3-4,10,12-13,15,17H2,2,5-8H3/b20-16+,22-21-,26-23?. The summed E-state index contributed by atoms with van der Waals surface area (Å²) in [5.74, 6) is 0. The van der Waals surface area contributed by atoms with Crippen molar-refractivity contribution in [1.29, 1.82) is 5.26 Å². The van der Waals surface area contributed by atoms with Crippen LogP contribution in [0.15, 0.2) is 65.6 Å². The molecule has 0 aromatic heterocycles. The third-order valence-electron chi connectivity index (χ3n) is 4.79. The largest absolute Gasteiger partial charge is 0.371 e. The van der Waals surface area contributed by atoms with Crippen LogP contribution >= 0.6 is 15.9 Å². The van der Waals surface area contributed by atoms with Crippen LogP contribution in [0.3, 0.4) is 0 Å². The molecule has 5 heteroatoms. The summed E-state index contributed by atoms with van der Waals surface area (Å²) >= 11 is 3.46. The average molecular weight is 447 g/mol. The van der Waals surface area contributed by atoms with E-state index >= 15 is 0 Å². The lowest BCUT2D eigenvalue weighted by Gasteiger charge is -2.33. The number of halogens is 1. The Morgan fingerprint density at radius 1 is 1.32 bits per heavy atom. The molecule has 0 aromatic carbocycles. The van der Waals surface area contributed by atoms with Gasteiger partial charge in [-0.1, -0.05) is 26.2 Å². The fourth-order valence-electron chi connectivity index (χ4n) is 2.87. The van der Waals surface area contributed by atoms with Crippen molar-refractivity contribution in [2.24, 2.45) is 4.99 Å². The number of hydrogen-bond donors (Lipinski definition) is 0. The highest BCUT2D eigenvalue weighted by atomic mass is 79.9. The minimum absolute atomic E-state index is 0.232. The van der Waals surface area contributed by atoms with Gasteiger partial charge in [0.25, 0.3) is 0 Å². The van der Waals surface area contributed by atoms with Crippen LogP contribution in [-0.2, 0) is 0 Å². The summed E-state index contributed by atoms with van der Waals surface area (Å²) in [7, 11) is 1.75. The number of nitrogens with zero attached hydrogens (tertiary/aromatic N) is 4. The number of rotatable bonds is 13. The van der Waals surface area contributed by atoms with Crippen molar-refractivity contribution < 1.29 is 0 Å². The highest BCUT2D eigenvalue weighted by Crippen LogP contribution is 2.25. The Morgan fingerprint density at radius 2 is 1.96 bits per heavy atom. The summed E-state index contributed by atoms with van der Waals surface area (Å²) in [5, 5.41) is 8.90. The quantitative estimate of drug-likeness (QED) is 0.192. The molecule has 1 unspecified atom stereocenters. The van der Waals surface area contributed by atoms with E-state index in [1.807, 2.05) is 18.4 Å². The van der Waals surface area contributed by atoms with Crippen LogP contribution in [-0.4, -0.2) is 40.6 Å². The normalized spacial score (nSPS) is 13.9. The van der Waals surface area contributed by atoms with E-state index in [4.69, 9.17) is 5.26 Å². The molecule has 0 amide bonds. The van der Waals surface area contributed by atoms with Gasteiger partial charge < -0.3 is 9.80 Å². The Bertz CT molecular complexity index is 679. The molecule has 0 aliphatic rings. The van der Waals surface area contributed by atoms with Gasteiger partial charge in [0.15, 0.2) is 0 Å². The molecule has 0 fully saturated rings. The molecule has 154 valence electrons. The Hall–Kier alpha value is -2.06. The van der Waals surface area contributed by atoms with Crippen LogP contribution in [0.2, 0.25) is 0 Å². The number of nitriles is 1. The van der Waals surface area contributed by atoms with Crippen LogP contribution in [0.5, 0.6) is 0 Å². The van der Waals surface area contributed by atoms with Crippen LogP contribution < -0.4 is 0 Å². The number of aliphatic imine (C=N–C) groups is 1. The molecule has 0 bridgehead atoms. The minimum Gasteiger partial charge on any atom is -0.371 e. The van der Waals surface area contributed by atoms with E-state index in [1.165, 1.54) is 5.57 Å². The first kappa shape index (κ1) is 25.9. The van der Waals surface area contributed by atoms with Gasteiger partial charge in [0.2, 0.25) is 0 Å². The van der Waals surface area contributed by atoms with E-state index in [0.29, 0.717) is 19.5 Å². The van der Waals surface area contributed by atoms with Gasteiger partial charge >= 0.3 is 0 Å². The highest BCUT2D eigenvalue weighted by Gasteiger charge is 2.18. The van der Waals surface area contributed by atoms with Gasteiger partial charge in [-0.25, -0.2) is 0 Å². The third-order valence-corrected chi connectivity index (χ3v) is 5.37. The van der Waals surface area contributed by atoms with Gasteiger partial charge in [0.1, 0.15) is 4.62 Å². The smallest absolute Gasteiger partial charge is 0.101 e. The average Bonchev–Trinajstić information content (AvgIpc) is 2.69. The lowest BCUT2D eigenvalue weighted by Crippen LogP contribution is -2.32. The van der Waals surface area contributed by atoms with Crippen LogP contribution in [0, 0.1) is 11.3 Å². The van der Waals surface area contributed by atoms with Gasteiger partial charge in [-0.15, -0.1) is 6.58 Å². The summed E-state index contributed by atoms with van der Waals surface area (Å²) in [5.41, 5.74) is 4.49. The predicted octanol–water partition coefficient (Wildman–Crippen LogP) is 6.18. The Kier molecular flexibility index (Phi) is 13.0. The summed E-state index contributed by atoms with van der Waals surface area (Å²) < 4.78 is 0.792. The van der Waals surface area contributed by atoms with E-state index in [2.05, 4.69) is 84.2 Å². The van der Waals surface area contributed by atoms with Gasteiger partial charge in [-0.05, 0) is 73.0 Å². The summed E-state index contributed by atoms with van der Waals surface area (Å²) in [6.07, 6.45) is 7.97. The van der Waals surface area contributed by atoms with Crippen molar-refractivity contribution in [1.82, 2.24) is 9.80 Å². The lowest BCUT2D eigenvalue weighted by atomic mass is 10.0. The zero-order valence-electron chi connectivity index (χ0n) is 18.1. The summed E-state index contributed by atoms with van der Waals surface area (Å²) in [6.45, 7) is 22.0. The fraction of sp³-hybridized carbons (Fsp3) is 0.478. The maximum atomic E-state index is 8.90. The monoisotopic (exact) mass is 446 g/mol. The molecule has 0 saturated carbocycles. The zero-order valence-corrected chi connectivity index (χ0v) is 19.7. The molecule has 0 radical (unpaired) electrons. The third kappa shape index (κ3) is 8.31. The van der Waals surface area contributed by atoms with Crippen LogP contribution in [0.4, 0.5) is 0 Å². The minimum atomic E-state index is 0.232. The Labute approximate surface area is 180 Å². The van der Waals surface area contributed by atoms with Gasteiger partial charge in [0, 0.05) is 44.0 Å². The van der Waals surface area contributed by atoms with Gasteiger partial charge in [0.05, 0.1) is 6.07 Å². The molecular weight excluding hydrogens is 412 g/mol. The van der Waals surface area contributed by atoms with Gasteiger partial charge in [-0.2, -0.15) is 5.26 Å². The summed E-state index contributed by atoms with van der Waals surface area (Å²) in [4.78, 5) is 8.57. The predicted molar refractivity (Wildman–Crippen MR) is 126 cm³/mol. The van der Waals surface area contributed by atoms with Crippen molar-refractivity contribution in [3.8, 4) is 6.07 Å². The van der Waals surface area contributed by atoms with E-state index in [9.17, 15) is 0 Å². The molecule has 4 nitrogen and oxygen atoms in total. The SMILES string of the molecule is C=CCN(/C(C)=C/C(Br)=NC)/C(C)=C(/CN(C=C)C(C)CCC#N)C(=C)CC. The van der Waals surface area contributed by atoms with Crippen LogP contribution in [0.1, 0.15) is 47.0 Å². The second kappa shape index (κ2) is 14.0. The van der Waals surface area contributed by atoms with E-state index in [-0.39, 0.29) is 6.04 Å². The van der Waals surface area contributed by atoms with E-state index in [0.717, 1.165) is 34.4 Å². The van der Waals surface area contributed by atoms with E-state index < -0.39 is 0 Å². The topological polar surface area (TPSA) is 42.6 Å². The molecule has 0 aliphatic heterocycles. The maximum absolute atomic E-state index is 8.90. The highest BCUT2D eigenvalue weighted by molar-refractivity contribution is 9.18. The van der Waals surface area contributed by atoms with Gasteiger partial charge in [-0.3, -0.25) is 4.99 Å². The number of allylic oxidation sites excluding steroid dienone is 3. The second-order valence-corrected chi connectivity index (χ2v) is 7.47. The Morgan fingerprint density at radius 3 is 2.43 bits per heavy atom. The van der Waals surface area contributed by atoms with Crippen LogP contribution in [0.25, 0.3) is 0 Å². The first-order valence-electron chi connectivity index (χ1n) is 9.59. The first-order valence-corrected chi connectivity index (χ1v) is 10.4. The zero-order chi connectivity index (χ0) is 21.7. The molecule has 28 heavy (non-hydrogen) atoms. The summed E-state index contributed by atoms with van der Waals surface area (Å²) in [6, 6.07) is 2.46. The van der Waals surface area contributed by atoms with Crippen molar-refractivity contribution in [3.63, 3.8) is 0 Å². The van der Waals surface area contributed by atoms with Crippen molar-refractivity contribution in [2.75, 3.05) is 20.1 Å². The lowest BCUT2D eigenvalue weighted by molar-refractivity contribution is 0.300. The molecule has 0 N–H and O–H groups in total. The van der Waals surface area contributed by atoms with Crippen molar-refractivity contribution in [2.45, 2.75) is 53.0 Å². The molecular formula is C23H35BrN4. The van der Waals surface area contributed by atoms with Crippen molar-refractivity contribution >= 4 is 20.6 Å². The molecule has 1 atom stereocenters. The molecule has 0 aromatic rings. The first-order chi connectivity index (χ1) is 13.3. The molecule has 0 saturated heterocycles. The molecule has 0 spiro atoms. The van der Waals surface area contributed by atoms with E-state index in [1.54, 1.807) is 7.05 Å². The van der Waals surface area contributed by atoms with Crippen molar-refractivity contribution in [3.05, 3.63) is 60.6 Å². The second-order valence-electron chi connectivity index (χ2n) is 6.65. The number of hydrogen-bond acceptors (Lipinski definition) is 4.